The lowest BCUT2D eigenvalue weighted by atomic mass is 10.0. The minimum Gasteiger partial charge on any atom is -0.291 e. The van der Waals surface area contributed by atoms with Crippen molar-refractivity contribution in [3.05, 3.63) is 38.9 Å². The van der Waals surface area contributed by atoms with E-state index in [2.05, 4.69) is 21.0 Å². The summed E-state index contributed by atoms with van der Waals surface area (Å²) in [6.45, 7) is 5.53. The predicted octanol–water partition coefficient (Wildman–Crippen LogP) is 4.01. The van der Waals surface area contributed by atoms with Crippen LogP contribution in [-0.2, 0) is 0 Å². The van der Waals surface area contributed by atoms with Crippen LogP contribution in [0.25, 0.3) is 0 Å². The molecule has 0 saturated heterocycles. The van der Waals surface area contributed by atoms with Gasteiger partial charge in [-0.05, 0) is 39.7 Å². The van der Waals surface area contributed by atoms with Crippen molar-refractivity contribution >= 4 is 17.1 Å². The Bertz CT molecular complexity index is 795. The van der Waals surface area contributed by atoms with E-state index in [1.807, 2.05) is 26.8 Å². The lowest BCUT2D eigenvalue weighted by Gasteiger charge is -2.08. The van der Waals surface area contributed by atoms with E-state index in [1.54, 1.807) is 0 Å². The van der Waals surface area contributed by atoms with E-state index in [0.717, 1.165) is 34.9 Å². The summed E-state index contributed by atoms with van der Waals surface area (Å²) >= 11 is 1.44. The van der Waals surface area contributed by atoms with Gasteiger partial charge in [-0.3, -0.25) is 4.79 Å². The Balaban J connectivity index is 1.93. The second-order valence-corrected chi connectivity index (χ2v) is 7.41. The van der Waals surface area contributed by atoms with E-state index in [9.17, 15) is 10.1 Å². The van der Waals surface area contributed by atoms with Crippen molar-refractivity contribution in [3.63, 3.8) is 0 Å². The highest BCUT2D eigenvalue weighted by atomic mass is 32.1. The summed E-state index contributed by atoms with van der Waals surface area (Å²) in [5.41, 5.74) is 2.24. The van der Waals surface area contributed by atoms with Crippen LogP contribution in [0.15, 0.2) is 6.07 Å². The molecule has 0 aliphatic heterocycles. The number of carbonyl (C=O) groups excluding carboxylic acids is 1. The average molecular weight is 340 g/mol. The first-order chi connectivity index (χ1) is 11.5. The van der Waals surface area contributed by atoms with Crippen LogP contribution in [-0.4, -0.2) is 20.7 Å². The quantitative estimate of drug-likeness (QED) is 0.786. The van der Waals surface area contributed by atoms with Crippen LogP contribution in [0.1, 0.15) is 75.1 Å². The van der Waals surface area contributed by atoms with Crippen molar-refractivity contribution in [3.8, 4) is 6.07 Å². The molecule has 2 aromatic heterocycles. The third-order valence-electron chi connectivity index (χ3n) is 4.39. The summed E-state index contributed by atoms with van der Waals surface area (Å²) in [5, 5.41) is 10.6. The van der Waals surface area contributed by atoms with Gasteiger partial charge in [0.15, 0.2) is 17.5 Å². The van der Waals surface area contributed by atoms with Gasteiger partial charge in [0.25, 0.3) is 0 Å². The van der Waals surface area contributed by atoms with Crippen molar-refractivity contribution in [1.82, 2.24) is 15.0 Å². The number of aromatic nitrogens is 3. The van der Waals surface area contributed by atoms with Gasteiger partial charge in [0.2, 0.25) is 0 Å². The molecule has 1 fully saturated rings. The molecule has 0 spiro atoms. The van der Waals surface area contributed by atoms with Crippen LogP contribution in [0.3, 0.4) is 0 Å². The molecule has 1 atom stereocenters. The molecule has 5 nitrogen and oxygen atoms in total. The minimum absolute atomic E-state index is 0.234. The third kappa shape index (κ3) is 3.22. The molecule has 0 radical (unpaired) electrons. The molecular weight excluding hydrogens is 320 g/mol. The molecule has 1 aliphatic carbocycles. The van der Waals surface area contributed by atoms with Gasteiger partial charge in [0, 0.05) is 17.3 Å². The van der Waals surface area contributed by atoms with E-state index < -0.39 is 5.92 Å². The van der Waals surface area contributed by atoms with Crippen molar-refractivity contribution < 1.29 is 4.79 Å². The highest BCUT2D eigenvalue weighted by Crippen LogP contribution is 2.38. The number of nitrogens with zero attached hydrogens (tertiary/aromatic N) is 4. The van der Waals surface area contributed by atoms with Crippen molar-refractivity contribution in [2.24, 2.45) is 0 Å². The number of carbonyl (C=O) groups is 1. The summed E-state index contributed by atoms with van der Waals surface area (Å²) < 4.78 is 0. The normalized spacial score (nSPS) is 16.1. The Morgan fingerprint density at radius 2 is 1.83 bits per heavy atom. The van der Waals surface area contributed by atoms with Gasteiger partial charge in [-0.1, -0.05) is 12.8 Å². The fraction of sp³-hybridized carbons (Fsp3) is 0.500. The van der Waals surface area contributed by atoms with Gasteiger partial charge < -0.3 is 0 Å². The second kappa shape index (κ2) is 6.78. The molecule has 124 valence electrons. The second-order valence-electron chi connectivity index (χ2n) is 6.38. The van der Waals surface area contributed by atoms with Gasteiger partial charge in [0.05, 0.1) is 21.6 Å². The van der Waals surface area contributed by atoms with Crippen LogP contribution >= 0.6 is 11.3 Å². The highest BCUT2D eigenvalue weighted by Gasteiger charge is 2.30. The lowest BCUT2D eigenvalue weighted by Crippen LogP contribution is -2.15. The molecule has 1 saturated carbocycles. The summed E-state index contributed by atoms with van der Waals surface area (Å²) in [7, 11) is 0. The number of aryl methyl sites for hydroxylation is 3. The zero-order chi connectivity index (χ0) is 17.3. The largest absolute Gasteiger partial charge is 0.291 e. The molecule has 1 unspecified atom stereocenters. The van der Waals surface area contributed by atoms with E-state index in [-0.39, 0.29) is 11.6 Å². The summed E-state index contributed by atoms with van der Waals surface area (Å²) in [4.78, 5) is 26.7. The van der Waals surface area contributed by atoms with E-state index in [1.165, 1.54) is 24.2 Å². The summed E-state index contributed by atoms with van der Waals surface area (Å²) in [6.07, 6.45) is 4.73. The minimum atomic E-state index is -0.973. The highest BCUT2D eigenvalue weighted by molar-refractivity contribution is 7.14. The molecule has 0 aromatic carbocycles. The SMILES string of the molecule is Cc1cc(C)nc(C(C#N)C(=O)c2sc(C3CCCC3)nc2C)n1. The first-order valence-corrected chi connectivity index (χ1v) is 9.04. The number of thiazole rings is 1. The maximum Gasteiger partial charge on any atom is 0.199 e. The molecule has 6 heteroatoms. The number of rotatable bonds is 4. The number of ketones is 1. The number of hydrogen-bond acceptors (Lipinski definition) is 6. The molecule has 2 heterocycles. The maximum atomic E-state index is 12.9. The zero-order valence-electron chi connectivity index (χ0n) is 14.2. The molecule has 0 bridgehead atoms. The fourth-order valence-corrected chi connectivity index (χ4v) is 4.45. The zero-order valence-corrected chi connectivity index (χ0v) is 15.0. The van der Waals surface area contributed by atoms with Crippen LogP contribution in [0.2, 0.25) is 0 Å². The summed E-state index contributed by atoms with van der Waals surface area (Å²) in [6, 6.07) is 3.91. The van der Waals surface area contributed by atoms with E-state index in [0.29, 0.717) is 10.8 Å². The number of nitriles is 1. The van der Waals surface area contributed by atoms with Gasteiger partial charge in [-0.25, -0.2) is 15.0 Å². The van der Waals surface area contributed by atoms with Crippen LogP contribution in [0, 0.1) is 32.1 Å². The monoisotopic (exact) mass is 340 g/mol. The molecule has 0 N–H and O–H groups in total. The standard InChI is InChI=1S/C18H20N4OS/c1-10-8-11(2)21-17(20-10)14(9-19)15(23)16-12(3)22-18(24-16)13-6-4-5-7-13/h8,13-14H,4-7H2,1-3H3. The predicted molar refractivity (Wildman–Crippen MR) is 92.3 cm³/mol. The first kappa shape index (κ1) is 16.7. The Hall–Kier alpha value is -2.13. The third-order valence-corrected chi connectivity index (χ3v) is 5.72. The van der Waals surface area contributed by atoms with Crippen LogP contribution in [0.4, 0.5) is 0 Å². The molecule has 2 aromatic rings. The number of hydrogen-bond donors (Lipinski definition) is 0. The Kier molecular flexibility index (Phi) is 4.72. The molecule has 0 amide bonds. The number of Topliss-reactive ketones (excluding diaryl/α,β-unsaturated/α-hetero) is 1. The maximum absolute atomic E-state index is 12.9. The molecule has 24 heavy (non-hydrogen) atoms. The Morgan fingerprint density at radius 1 is 1.21 bits per heavy atom. The van der Waals surface area contributed by atoms with Gasteiger partial charge in [-0.2, -0.15) is 5.26 Å². The lowest BCUT2D eigenvalue weighted by molar-refractivity contribution is 0.0979. The smallest absolute Gasteiger partial charge is 0.199 e. The van der Waals surface area contributed by atoms with Crippen LogP contribution < -0.4 is 0 Å². The van der Waals surface area contributed by atoms with Crippen molar-refractivity contribution in [2.75, 3.05) is 0 Å². The fourth-order valence-electron chi connectivity index (χ4n) is 3.24. The topological polar surface area (TPSA) is 79.5 Å². The average Bonchev–Trinajstić information content (AvgIpc) is 3.16. The van der Waals surface area contributed by atoms with Gasteiger partial charge >= 0.3 is 0 Å². The Morgan fingerprint density at radius 3 is 2.42 bits per heavy atom. The van der Waals surface area contributed by atoms with Crippen molar-refractivity contribution in [1.29, 1.82) is 5.26 Å². The van der Waals surface area contributed by atoms with Crippen molar-refractivity contribution in [2.45, 2.75) is 58.3 Å². The van der Waals surface area contributed by atoms with Gasteiger partial charge in [0.1, 0.15) is 0 Å². The van der Waals surface area contributed by atoms with E-state index >= 15 is 0 Å². The van der Waals surface area contributed by atoms with Crippen LogP contribution in [0.5, 0.6) is 0 Å². The van der Waals surface area contributed by atoms with E-state index in [4.69, 9.17) is 0 Å². The Labute approximate surface area is 145 Å². The molecule has 3 rings (SSSR count). The molecular formula is C18H20N4OS. The summed E-state index contributed by atoms with van der Waals surface area (Å²) in [5.74, 6) is -0.454. The molecule has 1 aliphatic rings. The first-order valence-electron chi connectivity index (χ1n) is 8.23. The van der Waals surface area contributed by atoms with Gasteiger partial charge in [-0.15, -0.1) is 11.3 Å².